The van der Waals surface area contributed by atoms with Crippen LogP contribution in [0.3, 0.4) is 0 Å². The van der Waals surface area contributed by atoms with E-state index in [1.807, 2.05) is 13.0 Å². The molecule has 0 bridgehead atoms. The van der Waals surface area contributed by atoms with Crippen LogP contribution in [0.5, 0.6) is 0 Å². The van der Waals surface area contributed by atoms with Gasteiger partial charge in [0.05, 0.1) is 5.60 Å². The Labute approximate surface area is 68.3 Å². The fraction of sp³-hybridized carbons (Fsp3) is 0.750. The zero-order valence-electron chi connectivity index (χ0n) is 7.46. The maximum Gasteiger partial charge on any atom is 0.0763 e. The van der Waals surface area contributed by atoms with Gasteiger partial charge in [-0.1, -0.05) is 6.08 Å². The molecule has 0 aliphatic rings. The first-order valence-electron chi connectivity index (χ1n) is 3.80. The average Bonchev–Trinajstić information content (AvgIpc) is 1.78. The van der Waals surface area contributed by atoms with Gasteiger partial charge in [0.2, 0.25) is 0 Å². The SMILES string of the molecule is CC(N)/C=C\NCC(C)(C)O. The summed E-state index contributed by atoms with van der Waals surface area (Å²) in [6.45, 7) is 5.93. The maximum absolute atomic E-state index is 9.26. The Hall–Kier alpha value is -0.540. The summed E-state index contributed by atoms with van der Waals surface area (Å²) in [4.78, 5) is 0. The fourth-order valence-electron chi connectivity index (χ4n) is 0.529. The lowest BCUT2D eigenvalue weighted by Crippen LogP contribution is -2.32. The van der Waals surface area contributed by atoms with Crippen molar-refractivity contribution in [3.05, 3.63) is 12.3 Å². The molecule has 1 unspecified atom stereocenters. The van der Waals surface area contributed by atoms with E-state index in [1.165, 1.54) is 0 Å². The molecule has 11 heavy (non-hydrogen) atoms. The predicted molar refractivity (Wildman–Crippen MR) is 47.1 cm³/mol. The molecule has 3 heteroatoms. The van der Waals surface area contributed by atoms with Crippen LogP contribution in [-0.2, 0) is 0 Å². The van der Waals surface area contributed by atoms with Crippen LogP contribution in [0.15, 0.2) is 12.3 Å². The van der Waals surface area contributed by atoms with Crippen molar-refractivity contribution < 1.29 is 5.11 Å². The number of hydrogen-bond donors (Lipinski definition) is 3. The van der Waals surface area contributed by atoms with E-state index in [0.717, 1.165) is 0 Å². The van der Waals surface area contributed by atoms with E-state index in [0.29, 0.717) is 6.54 Å². The summed E-state index contributed by atoms with van der Waals surface area (Å²) in [6, 6.07) is 0.0595. The summed E-state index contributed by atoms with van der Waals surface area (Å²) < 4.78 is 0. The van der Waals surface area contributed by atoms with Gasteiger partial charge < -0.3 is 16.2 Å². The largest absolute Gasteiger partial charge is 0.389 e. The van der Waals surface area contributed by atoms with Crippen molar-refractivity contribution in [1.29, 1.82) is 0 Å². The number of nitrogens with one attached hydrogen (secondary N) is 1. The van der Waals surface area contributed by atoms with Crippen LogP contribution >= 0.6 is 0 Å². The zero-order chi connectivity index (χ0) is 8.91. The first-order valence-corrected chi connectivity index (χ1v) is 3.80. The van der Waals surface area contributed by atoms with E-state index in [4.69, 9.17) is 5.73 Å². The molecular formula is C8H18N2O. The van der Waals surface area contributed by atoms with Crippen LogP contribution in [0.2, 0.25) is 0 Å². The molecule has 66 valence electrons. The van der Waals surface area contributed by atoms with Gasteiger partial charge in [0.25, 0.3) is 0 Å². The van der Waals surface area contributed by atoms with Crippen molar-refractivity contribution in [2.45, 2.75) is 32.4 Å². The minimum Gasteiger partial charge on any atom is -0.389 e. The minimum atomic E-state index is -0.665. The second-order valence-corrected chi connectivity index (χ2v) is 3.41. The van der Waals surface area contributed by atoms with E-state index < -0.39 is 5.60 Å². The lowest BCUT2D eigenvalue weighted by molar-refractivity contribution is 0.0835. The lowest BCUT2D eigenvalue weighted by atomic mass is 10.1. The van der Waals surface area contributed by atoms with E-state index in [2.05, 4.69) is 5.32 Å². The van der Waals surface area contributed by atoms with Gasteiger partial charge in [0.15, 0.2) is 0 Å². The van der Waals surface area contributed by atoms with Crippen molar-refractivity contribution in [3.8, 4) is 0 Å². The second kappa shape index (κ2) is 4.36. The van der Waals surface area contributed by atoms with E-state index in [1.54, 1.807) is 20.0 Å². The Balaban J connectivity index is 3.42. The molecule has 0 saturated heterocycles. The summed E-state index contributed by atoms with van der Waals surface area (Å²) in [5, 5.41) is 12.2. The van der Waals surface area contributed by atoms with Gasteiger partial charge in [-0.05, 0) is 27.0 Å². The van der Waals surface area contributed by atoms with Gasteiger partial charge in [0, 0.05) is 12.6 Å². The number of aliphatic hydroxyl groups is 1. The molecule has 1 atom stereocenters. The second-order valence-electron chi connectivity index (χ2n) is 3.41. The van der Waals surface area contributed by atoms with Crippen LogP contribution in [0.4, 0.5) is 0 Å². The van der Waals surface area contributed by atoms with E-state index >= 15 is 0 Å². The third-order valence-electron chi connectivity index (χ3n) is 1.05. The van der Waals surface area contributed by atoms with Gasteiger partial charge in [-0.25, -0.2) is 0 Å². The van der Waals surface area contributed by atoms with E-state index in [9.17, 15) is 5.11 Å². The van der Waals surface area contributed by atoms with Crippen LogP contribution in [-0.4, -0.2) is 23.3 Å². The third kappa shape index (κ3) is 9.46. The lowest BCUT2D eigenvalue weighted by Gasteiger charge is -2.16. The van der Waals surface area contributed by atoms with Gasteiger partial charge in [-0.2, -0.15) is 0 Å². The molecule has 0 aromatic carbocycles. The van der Waals surface area contributed by atoms with Crippen molar-refractivity contribution >= 4 is 0 Å². The van der Waals surface area contributed by atoms with Crippen LogP contribution in [0.25, 0.3) is 0 Å². The summed E-state index contributed by atoms with van der Waals surface area (Å²) >= 11 is 0. The Bertz CT molecular complexity index is 125. The molecule has 3 nitrogen and oxygen atoms in total. The normalized spacial score (nSPS) is 15.4. The highest BCUT2D eigenvalue weighted by Gasteiger charge is 2.09. The van der Waals surface area contributed by atoms with Gasteiger partial charge >= 0.3 is 0 Å². The maximum atomic E-state index is 9.26. The van der Waals surface area contributed by atoms with Gasteiger partial charge in [-0.3, -0.25) is 0 Å². The zero-order valence-corrected chi connectivity index (χ0v) is 7.46. The molecule has 0 aliphatic heterocycles. The van der Waals surface area contributed by atoms with Crippen LogP contribution < -0.4 is 11.1 Å². The Morgan fingerprint density at radius 3 is 2.55 bits per heavy atom. The minimum absolute atomic E-state index is 0.0595. The van der Waals surface area contributed by atoms with Crippen LogP contribution in [0, 0.1) is 0 Å². The smallest absolute Gasteiger partial charge is 0.0763 e. The molecule has 0 aromatic rings. The Kier molecular flexibility index (Phi) is 4.15. The monoisotopic (exact) mass is 158 g/mol. The first-order chi connectivity index (χ1) is 4.92. The molecule has 4 N–H and O–H groups in total. The number of rotatable bonds is 4. The summed E-state index contributed by atoms with van der Waals surface area (Å²) in [5.41, 5.74) is 4.79. The Morgan fingerprint density at radius 1 is 1.64 bits per heavy atom. The topological polar surface area (TPSA) is 58.3 Å². The summed E-state index contributed by atoms with van der Waals surface area (Å²) in [6.07, 6.45) is 3.61. The summed E-state index contributed by atoms with van der Waals surface area (Å²) in [5.74, 6) is 0. The molecular weight excluding hydrogens is 140 g/mol. The molecule has 0 saturated carbocycles. The quantitative estimate of drug-likeness (QED) is 0.548. The van der Waals surface area contributed by atoms with Crippen molar-refractivity contribution in [3.63, 3.8) is 0 Å². The van der Waals surface area contributed by atoms with Crippen molar-refractivity contribution in [2.75, 3.05) is 6.54 Å². The highest BCUT2D eigenvalue weighted by molar-refractivity contribution is 4.88. The molecule has 0 spiro atoms. The average molecular weight is 158 g/mol. The molecule has 0 rings (SSSR count). The van der Waals surface area contributed by atoms with Crippen molar-refractivity contribution in [2.24, 2.45) is 5.73 Å². The third-order valence-corrected chi connectivity index (χ3v) is 1.05. The molecule has 0 radical (unpaired) electrons. The predicted octanol–water partition coefficient (Wildman–Crippen LogP) is 0.208. The van der Waals surface area contributed by atoms with E-state index in [-0.39, 0.29) is 6.04 Å². The first kappa shape index (κ1) is 10.5. The van der Waals surface area contributed by atoms with Crippen molar-refractivity contribution in [1.82, 2.24) is 5.32 Å². The van der Waals surface area contributed by atoms with Crippen LogP contribution in [0.1, 0.15) is 20.8 Å². The van der Waals surface area contributed by atoms with Gasteiger partial charge in [0.1, 0.15) is 0 Å². The molecule has 0 aliphatic carbocycles. The highest BCUT2D eigenvalue weighted by atomic mass is 16.3. The standard InChI is InChI=1S/C8H18N2O/c1-7(9)4-5-10-6-8(2,3)11/h4-5,7,10-11H,6,9H2,1-3H3/b5-4-. The van der Waals surface area contributed by atoms with Gasteiger partial charge in [-0.15, -0.1) is 0 Å². The fourth-order valence-corrected chi connectivity index (χ4v) is 0.529. The summed E-state index contributed by atoms with van der Waals surface area (Å²) in [7, 11) is 0. The number of hydrogen-bond acceptors (Lipinski definition) is 3. The molecule has 0 heterocycles. The highest BCUT2D eigenvalue weighted by Crippen LogP contribution is 1.96. The Morgan fingerprint density at radius 2 is 2.18 bits per heavy atom. The molecule has 0 fully saturated rings. The number of nitrogens with two attached hydrogens (primary N) is 1. The molecule has 0 aromatic heterocycles. The molecule has 0 amide bonds.